The number of aryl methyl sites for hydroxylation is 1. The number of benzene rings is 2. The summed E-state index contributed by atoms with van der Waals surface area (Å²) in [7, 11) is 0. The minimum Gasteiger partial charge on any atom is -0.313 e. The van der Waals surface area contributed by atoms with Crippen molar-refractivity contribution in [2.45, 2.75) is 40.0 Å². The number of rotatable bonds is 3. The summed E-state index contributed by atoms with van der Waals surface area (Å²) in [6.07, 6.45) is 2.54. The van der Waals surface area contributed by atoms with Gasteiger partial charge in [0.25, 0.3) is 0 Å². The minimum atomic E-state index is -0.0134. The molecule has 0 atom stereocenters. The van der Waals surface area contributed by atoms with Crippen LogP contribution in [-0.2, 0) is 12.8 Å². The predicted molar refractivity (Wildman–Crippen MR) is 115 cm³/mol. The lowest BCUT2D eigenvalue weighted by Gasteiger charge is -2.30. The Labute approximate surface area is 169 Å². The van der Waals surface area contributed by atoms with E-state index in [0.717, 1.165) is 45.5 Å². The molecule has 138 valence electrons. The van der Waals surface area contributed by atoms with E-state index in [4.69, 9.17) is 0 Å². The van der Waals surface area contributed by atoms with Gasteiger partial charge in [0.2, 0.25) is 0 Å². The van der Waals surface area contributed by atoms with Crippen molar-refractivity contribution in [1.82, 2.24) is 4.57 Å². The lowest BCUT2D eigenvalue weighted by Crippen LogP contribution is -2.27. The van der Waals surface area contributed by atoms with Gasteiger partial charge in [0, 0.05) is 27.8 Å². The van der Waals surface area contributed by atoms with Crippen molar-refractivity contribution in [3.05, 3.63) is 75.9 Å². The summed E-state index contributed by atoms with van der Waals surface area (Å²) in [6.45, 7) is 6.54. The van der Waals surface area contributed by atoms with Crippen molar-refractivity contribution in [2.75, 3.05) is 0 Å². The Morgan fingerprint density at radius 2 is 1.67 bits per heavy atom. The predicted octanol–water partition coefficient (Wildman–Crippen LogP) is 6.62. The third-order valence-corrected chi connectivity index (χ3v) is 5.96. The molecule has 27 heavy (non-hydrogen) atoms. The van der Waals surface area contributed by atoms with Crippen molar-refractivity contribution >= 4 is 21.7 Å². The van der Waals surface area contributed by atoms with Crippen molar-refractivity contribution < 1.29 is 4.79 Å². The van der Waals surface area contributed by atoms with Crippen LogP contribution in [0.2, 0.25) is 0 Å². The first kappa shape index (κ1) is 18.2. The Morgan fingerprint density at radius 1 is 1.00 bits per heavy atom. The summed E-state index contributed by atoms with van der Waals surface area (Å²) < 4.78 is 3.34. The van der Waals surface area contributed by atoms with Gasteiger partial charge in [-0.2, -0.15) is 0 Å². The minimum absolute atomic E-state index is 0.0134. The van der Waals surface area contributed by atoms with Gasteiger partial charge < -0.3 is 4.57 Å². The topological polar surface area (TPSA) is 22.0 Å². The van der Waals surface area contributed by atoms with Crippen LogP contribution in [0.3, 0.4) is 0 Å². The number of ketones is 1. The molecule has 0 saturated heterocycles. The summed E-state index contributed by atoms with van der Waals surface area (Å²) in [5.41, 5.74) is 6.66. The zero-order valence-corrected chi connectivity index (χ0v) is 17.6. The van der Waals surface area contributed by atoms with Gasteiger partial charge in [-0.05, 0) is 59.7 Å². The molecular weight excluding hydrogens is 398 g/mol. The molecule has 0 aliphatic heterocycles. The largest absolute Gasteiger partial charge is 0.313 e. The number of carbonyl (C=O) groups excluding carboxylic acids is 1. The van der Waals surface area contributed by atoms with Gasteiger partial charge in [-0.15, -0.1) is 0 Å². The summed E-state index contributed by atoms with van der Waals surface area (Å²) in [6, 6.07) is 19.1. The Kier molecular flexibility index (Phi) is 4.59. The van der Waals surface area contributed by atoms with E-state index >= 15 is 0 Å². The maximum Gasteiger partial charge on any atom is 0.165 e. The van der Waals surface area contributed by atoms with Crippen molar-refractivity contribution in [1.29, 1.82) is 0 Å². The van der Waals surface area contributed by atoms with E-state index in [-0.39, 0.29) is 11.2 Å². The zero-order valence-electron chi connectivity index (χ0n) is 16.1. The van der Waals surface area contributed by atoms with E-state index in [0.29, 0.717) is 6.42 Å². The molecule has 0 saturated carbocycles. The van der Waals surface area contributed by atoms with E-state index in [2.05, 4.69) is 95.9 Å². The SMILES string of the molecule is CCc1ccc(-n2c(-c3ccc(Br)cc3)cc3c2CC(C)(C)CC3=O)cc1. The number of carbonyl (C=O) groups is 1. The van der Waals surface area contributed by atoms with Crippen molar-refractivity contribution in [3.8, 4) is 16.9 Å². The van der Waals surface area contributed by atoms with Gasteiger partial charge in [-0.25, -0.2) is 0 Å². The molecule has 3 aromatic rings. The van der Waals surface area contributed by atoms with Crippen LogP contribution in [0.5, 0.6) is 0 Å². The normalized spacial score (nSPS) is 15.6. The number of Topliss-reactive ketones (excluding diaryl/α,β-unsaturated/α-hetero) is 1. The molecular formula is C24H24BrNO. The number of nitrogens with zero attached hydrogens (tertiary/aromatic N) is 1. The summed E-state index contributed by atoms with van der Waals surface area (Å²) in [5, 5.41) is 0. The number of halogens is 1. The average molecular weight is 422 g/mol. The Hall–Kier alpha value is -2.13. The maximum atomic E-state index is 12.9. The smallest absolute Gasteiger partial charge is 0.165 e. The van der Waals surface area contributed by atoms with Crippen LogP contribution in [0.4, 0.5) is 0 Å². The highest BCUT2D eigenvalue weighted by molar-refractivity contribution is 9.10. The average Bonchev–Trinajstić information content (AvgIpc) is 3.01. The Balaban J connectivity index is 1.95. The van der Waals surface area contributed by atoms with Gasteiger partial charge in [0.05, 0.1) is 5.69 Å². The molecule has 3 heteroatoms. The van der Waals surface area contributed by atoms with Crippen LogP contribution >= 0.6 is 15.9 Å². The van der Waals surface area contributed by atoms with E-state index in [1.165, 1.54) is 5.56 Å². The molecule has 0 amide bonds. The van der Waals surface area contributed by atoms with Crippen LogP contribution in [0.1, 0.15) is 48.8 Å². The second-order valence-electron chi connectivity index (χ2n) is 8.19. The summed E-state index contributed by atoms with van der Waals surface area (Å²) in [4.78, 5) is 12.9. The van der Waals surface area contributed by atoms with Crippen molar-refractivity contribution in [3.63, 3.8) is 0 Å². The fourth-order valence-electron chi connectivity index (χ4n) is 4.02. The third kappa shape index (κ3) is 3.41. The number of hydrogen-bond acceptors (Lipinski definition) is 1. The first-order valence-electron chi connectivity index (χ1n) is 9.51. The summed E-state index contributed by atoms with van der Waals surface area (Å²) in [5.74, 6) is 0.253. The molecule has 2 nitrogen and oxygen atoms in total. The molecule has 1 heterocycles. The van der Waals surface area contributed by atoms with Crippen LogP contribution in [0.25, 0.3) is 16.9 Å². The van der Waals surface area contributed by atoms with E-state index in [1.807, 2.05) is 0 Å². The molecule has 4 rings (SSSR count). The maximum absolute atomic E-state index is 12.9. The van der Waals surface area contributed by atoms with Gasteiger partial charge in [0.15, 0.2) is 5.78 Å². The number of hydrogen-bond donors (Lipinski definition) is 0. The molecule has 2 aromatic carbocycles. The van der Waals surface area contributed by atoms with Crippen molar-refractivity contribution in [2.24, 2.45) is 5.41 Å². The van der Waals surface area contributed by atoms with E-state index < -0.39 is 0 Å². The standard InChI is InChI=1S/C24H24BrNO/c1-4-16-5-11-19(12-6-16)26-21(17-7-9-18(25)10-8-17)13-20-22(26)14-24(2,3)15-23(20)27/h5-13H,4,14-15H2,1-3H3. The fraction of sp³-hybridized carbons (Fsp3) is 0.292. The molecule has 0 bridgehead atoms. The molecule has 1 aliphatic carbocycles. The number of aromatic nitrogens is 1. The van der Waals surface area contributed by atoms with Crippen LogP contribution < -0.4 is 0 Å². The van der Waals surface area contributed by atoms with Gasteiger partial charge in [-0.1, -0.05) is 61.0 Å². The second kappa shape index (κ2) is 6.79. The zero-order chi connectivity index (χ0) is 19.2. The first-order valence-corrected chi connectivity index (χ1v) is 10.3. The number of fused-ring (bicyclic) bond motifs is 1. The van der Waals surface area contributed by atoms with E-state index in [9.17, 15) is 4.79 Å². The highest BCUT2D eigenvalue weighted by atomic mass is 79.9. The van der Waals surface area contributed by atoms with Crippen LogP contribution in [-0.4, -0.2) is 10.4 Å². The van der Waals surface area contributed by atoms with Gasteiger partial charge >= 0.3 is 0 Å². The molecule has 0 unspecified atom stereocenters. The van der Waals surface area contributed by atoms with Gasteiger partial charge in [-0.3, -0.25) is 4.79 Å². The molecule has 0 fully saturated rings. The third-order valence-electron chi connectivity index (χ3n) is 5.43. The molecule has 0 spiro atoms. The molecule has 1 aromatic heterocycles. The lowest BCUT2D eigenvalue weighted by atomic mass is 9.76. The first-order chi connectivity index (χ1) is 12.9. The Bertz CT molecular complexity index is 994. The lowest BCUT2D eigenvalue weighted by molar-refractivity contribution is 0.0911. The van der Waals surface area contributed by atoms with Crippen LogP contribution in [0, 0.1) is 5.41 Å². The molecule has 1 aliphatic rings. The van der Waals surface area contributed by atoms with Gasteiger partial charge in [0.1, 0.15) is 0 Å². The summed E-state index contributed by atoms with van der Waals surface area (Å²) >= 11 is 3.52. The monoisotopic (exact) mass is 421 g/mol. The Morgan fingerprint density at radius 3 is 2.30 bits per heavy atom. The quantitative estimate of drug-likeness (QED) is 0.465. The molecule has 0 radical (unpaired) electrons. The second-order valence-corrected chi connectivity index (χ2v) is 9.11. The highest BCUT2D eigenvalue weighted by Crippen LogP contribution is 2.40. The van der Waals surface area contributed by atoms with Crippen LogP contribution in [0.15, 0.2) is 59.1 Å². The highest BCUT2D eigenvalue weighted by Gasteiger charge is 2.34. The fourth-order valence-corrected chi connectivity index (χ4v) is 4.28. The van der Waals surface area contributed by atoms with E-state index in [1.54, 1.807) is 0 Å². The molecule has 0 N–H and O–H groups in total.